The second kappa shape index (κ2) is 11.9. The molecule has 0 saturated carbocycles. The van der Waals surface area contributed by atoms with Crippen molar-refractivity contribution in [2.45, 2.75) is 71.0 Å². The Hall–Kier alpha value is -1.48. The smallest absolute Gasteiger partial charge is 0.459 e. The lowest BCUT2D eigenvalue weighted by atomic mass is 10.1. The van der Waals surface area contributed by atoms with Gasteiger partial charge in [0.1, 0.15) is 30.1 Å². The minimum absolute atomic E-state index is 0.259. The van der Waals surface area contributed by atoms with Crippen LogP contribution in [0.5, 0.6) is 5.75 Å². The van der Waals surface area contributed by atoms with Crippen molar-refractivity contribution >= 4 is 13.7 Å². The van der Waals surface area contributed by atoms with Gasteiger partial charge in [0.05, 0.1) is 19.3 Å². The van der Waals surface area contributed by atoms with Crippen molar-refractivity contribution in [2.24, 2.45) is 5.92 Å². The number of carbonyl (C=O) groups is 1. The molecule has 6 atom stereocenters. The van der Waals surface area contributed by atoms with Crippen LogP contribution in [-0.4, -0.2) is 59.9 Å². The van der Waals surface area contributed by atoms with Crippen molar-refractivity contribution in [2.75, 3.05) is 13.2 Å². The zero-order chi connectivity index (χ0) is 23.0. The average molecular weight is 459 g/mol. The van der Waals surface area contributed by atoms with Gasteiger partial charge in [0.15, 0.2) is 0 Å². The standard InChI is InChI=1S/C21H34NO8P/c1-5-16(6-2)12-27-21(25)14(3)22-31(26,30-17-10-8-7-9-11-17)28-13-18-20(24)19(23)15(4)29-18/h7-11,14-16,18-20,23-24H,5-6,12-13H2,1-4H3,(H,22,26)/t14-,15-,18+,19+,20?,31?/m0/s1. The number of aliphatic hydroxyl groups is 2. The van der Waals surface area contributed by atoms with Crippen LogP contribution in [0, 0.1) is 5.92 Å². The molecule has 9 nitrogen and oxygen atoms in total. The quantitative estimate of drug-likeness (QED) is 0.320. The van der Waals surface area contributed by atoms with E-state index in [9.17, 15) is 19.6 Å². The molecule has 3 N–H and O–H groups in total. The molecular weight excluding hydrogens is 425 g/mol. The highest BCUT2D eigenvalue weighted by molar-refractivity contribution is 7.52. The first kappa shape index (κ1) is 25.8. The molecule has 0 aliphatic carbocycles. The Balaban J connectivity index is 2.05. The van der Waals surface area contributed by atoms with Crippen molar-refractivity contribution in [1.29, 1.82) is 0 Å². The van der Waals surface area contributed by atoms with Crippen LogP contribution in [-0.2, 0) is 23.4 Å². The first-order chi connectivity index (χ1) is 14.7. The molecule has 1 aromatic carbocycles. The van der Waals surface area contributed by atoms with E-state index in [0.717, 1.165) is 12.8 Å². The summed E-state index contributed by atoms with van der Waals surface area (Å²) < 4.78 is 35.2. The first-order valence-corrected chi connectivity index (χ1v) is 12.2. The van der Waals surface area contributed by atoms with Crippen LogP contribution < -0.4 is 9.61 Å². The number of nitrogens with one attached hydrogen (secondary N) is 1. The fraction of sp³-hybridized carbons (Fsp3) is 0.667. The summed E-state index contributed by atoms with van der Waals surface area (Å²) in [5.41, 5.74) is 0. The highest BCUT2D eigenvalue weighted by Gasteiger charge is 2.42. The summed E-state index contributed by atoms with van der Waals surface area (Å²) in [7, 11) is -4.05. The minimum Gasteiger partial charge on any atom is -0.464 e. The molecule has 1 aliphatic rings. The molecule has 0 amide bonds. The van der Waals surface area contributed by atoms with E-state index in [-0.39, 0.29) is 24.9 Å². The Morgan fingerprint density at radius 2 is 1.84 bits per heavy atom. The van der Waals surface area contributed by atoms with E-state index in [4.69, 9.17) is 18.5 Å². The number of rotatable bonds is 12. The Labute approximate surface area is 183 Å². The highest BCUT2D eigenvalue weighted by Crippen LogP contribution is 2.45. The van der Waals surface area contributed by atoms with Crippen molar-refractivity contribution in [3.63, 3.8) is 0 Å². The summed E-state index contributed by atoms with van der Waals surface area (Å²) in [5.74, 6) is -0.0417. The zero-order valence-electron chi connectivity index (χ0n) is 18.5. The Kier molecular flexibility index (Phi) is 9.93. The number of ether oxygens (including phenoxy) is 2. The normalized spacial score (nSPS) is 26.4. The summed E-state index contributed by atoms with van der Waals surface area (Å²) in [5, 5.41) is 22.5. The number of hydrogen-bond acceptors (Lipinski definition) is 8. The fourth-order valence-electron chi connectivity index (χ4n) is 3.09. The molecule has 0 bridgehead atoms. The van der Waals surface area contributed by atoms with Gasteiger partial charge in [-0.15, -0.1) is 0 Å². The maximum absolute atomic E-state index is 13.4. The third kappa shape index (κ3) is 7.56. The maximum Gasteiger partial charge on any atom is 0.459 e. The van der Waals surface area contributed by atoms with Crippen molar-refractivity contribution in [1.82, 2.24) is 5.09 Å². The molecule has 10 heteroatoms. The molecule has 176 valence electrons. The van der Waals surface area contributed by atoms with Gasteiger partial charge in [-0.05, 0) is 31.9 Å². The predicted octanol–water partition coefficient (Wildman–Crippen LogP) is 2.66. The van der Waals surface area contributed by atoms with Gasteiger partial charge in [-0.1, -0.05) is 44.9 Å². The lowest BCUT2D eigenvalue weighted by Gasteiger charge is -2.25. The third-order valence-electron chi connectivity index (χ3n) is 5.30. The van der Waals surface area contributed by atoms with E-state index in [1.807, 2.05) is 13.8 Å². The largest absolute Gasteiger partial charge is 0.464 e. The topological polar surface area (TPSA) is 124 Å². The Morgan fingerprint density at radius 3 is 2.39 bits per heavy atom. The zero-order valence-corrected chi connectivity index (χ0v) is 19.4. The lowest BCUT2D eigenvalue weighted by molar-refractivity contribution is -0.146. The Morgan fingerprint density at radius 1 is 1.19 bits per heavy atom. The van der Waals surface area contributed by atoms with Gasteiger partial charge in [0.25, 0.3) is 0 Å². The summed E-state index contributed by atoms with van der Waals surface area (Å²) in [4.78, 5) is 12.4. The molecular formula is C21H34NO8P. The van der Waals surface area contributed by atoms with Crippen molar-refractivity contribution < 1.29 is 38.1 Å². The SMILES string of the molecule is CCC(CC)COC(=O)[C@H](C)NP(=O)(OC[C@H]1O[C@@H](C)[C@@H](O)C1O)Oc1ccccc1. The number of hydrogen-bond donors (Lipinski definition) is 3. The molecule has 1 aliphatic heterocycles. The van der Waals surface area contributed by atoms with Crippen LogP contribution in [0.25, 0.3) is 0 Å². The van der Waals surface area contributed by atoms with E-state index in [1.165, 1.54) is 6.92 Å². The van der Waals surface area contributed by atoms with Gasteiger partial charge in [-0.25, -0.2) is 4.57 Å². The van der Waals surface area contributed by atoms with Crippen LogP contribution in [0.4, 0.5) is 0 Å². The molecule has 0 aromatic heterocycles. The van der Waals surface area contributed by atoms with E-state index >= 15 is 0 Å². The summed E-state index contributed by atoms with van der Waals surface area (Å²) >= 11 is 0. The molecule has 31 heavy (non-hydrogen) atoms. The van der Waals surface area contributed by atoms with Gasteiger partial charge in [-0.3, -0.25) is 9.32 Å². The second-order valence-electron chi connectivity index (χ2n) is 7.72. The average Bonchev–Trinajstić information content (AvgIpc) is 3.00. The van der Waals surface area contributed by atoms with Crippen LogP contribution in [0.1, 0.15) is 40.5 Å². The van der Waals surface area contributed by atoms with E-state index in [2.05, 4.69) is 5.09 Å². The second-order valence-corrected chi connectivity index (χ2v) is 9.42. The first-order valence-electron chi connectivity index (χ1n) is 10.6. The number of benzene rings is 1. The van der Waals surface area contributed by atoms with E-state index in [1.54, 1.807) is 37.3 Å². The van der Waals surface area contributed by atoms with Gasteiger partial charge in [-0.2, -0.15) is 5.09 Å². The third-order valence-corrected chi connectivity index (χ3v) is 6.94. The molecule has 1 fully saturated rings. The monoisotopic (exact) mass is 459 g/mol. The van der Waals surface area contributed by atoms with Crippen LogP contribution in [0.2, 0.25) is 0 Å². The van der Waals surface area contributed by atoms with Gasteiger partial charge < -0.3 is 24.2 Å². The molecule has 0 radical (unpaired) electrons. The molecule has 2 rings (SSSR count). The van der Waals surface area contributed by atoms with Gasteiger partial charge in [0.2, 0.25) is 0 Å². The molecule has 1 heterocycles. The van der Waals surface area contributed by atoms with Crippen molar-refractivity contribution in [3.05, 3.63) is 30.3 Å². The summed E-state index contributed by atoms with van der Waals surface area (Å²) in [6, 6.07) is 7.41. The molecule has 1 saturated heterocycles. The Bertz CT molecular complexity index is 729. The highest BCUT2D eigenvalue weighted by atomic mass is 31.2. The minimum atomic E-state index is -4.05. The van der Waals surface area contributed by atoms with Crippen LogP contribution in [0.15, 0.2) is 30.3 Å². The van der Waals surface area contributed by atoms with E-state index < -0.39 is 44.2 Å². The fourth-order valence-corrected chi connectivity index (χ4v) is 4.60. The van der Waals surface area contributed by atoms with Crippen molar-refractivity contribution in [3.8, 4) is 5.75 Å². The maximum atomic E-state index is 13.4. The number of para-hydroxylation sites is 1. The lowest BCUT2D eigenvalue weighted by Crippen LogP contribution is -2.37. The molecule has 0 spiro atoms. The van der Waals surface area contributed by atoms with Gasteiger partial charge >= 0.3 is 13.7 Å². The number of esters is 1. The summed E-state index contributed by atoms with van der Waals surface area (Å²) in [6.07, 6.45) is -1.98. The summed E-state index contributed by atoms with van der Waals surface area (Å²) in [6.45, 7) is 7.14. The van der Waals surface area contributed by atoms with Crippen LogP contribution >= 0.6 is 7.75 Å². The molecule has 2 unspecified atom stereocenters. The predicted molar refractivity (Wildman–Crippen MR) is 115 cm³/mol. The number of carbonyl (C=O) groups excluding carboxylic acids is 1. The van der Waals surface area contributed by atoms with Gasteiger partial charge in [0, 0.05) is 0 Å². The van der Waals surface area contributed by atoms with E-state index in [0.29, 0.717) is 0 Å². The molecule has 1 aromatic rings. The number of aliphatic hydroxyl groups excluding tert-OH is 2. The van der Waals surface area contributed by atoms with Crippen LogP contribution in [0.3, 0.4) is 0 Å².